The second kappa shape index (κ2) is 4.87. The second-order valence-electron chi connectivity index (χ2n) is 4.22. The van der Waals surface area contributed by atoms with Crippen LogP contribution >= 0.6 is 11.8 Å². The van der Waals surface area contributed by atoms with Crippen molar-refractivity contribution in [2.24, 2.45) is 0 Å². The van der Waals surface area contributed by atoms with Crippen LogP contribution in [0.1, 0.15) is 25.7 Å². The maximum Gasteiger partial charge on any atom is 0.160 e. The van der Waals surface area contributed by atoms with Gasteiger partial charge in [0.05, 0.1) is 0 Å². The Kier molecular flexibility index (Phi) is 3.09. The van der Waals surface area contributed by atoms with E-state index in [4.69, 9.17) is 0 Å². The van der Waals surface area contributed by atoms with Crippen LogP contribution in [0.3, 0.4) is 0 Å². The van der Waals surface area contributed by atoms with Crippen molar-refractivity contribution in [1.82, 2.24) is 19.7 Å². The molecule has 2 aromatic rings. The van der Waals surface area contributed by atoms with Crippen molar-refractivity contribution in [2.75, 3.05) is 0 Å². The lowest BCUT2D eigenvalue weighted by Gasteiger charge is -2.07. The molecule has 88 valence electrons. The number of rotatable bonds is 3. The summed E-state index contributed by atoms with van der Waals surface area (Å²) in [7, 11) is 0. The minimum atomic E-state index is 0.739. The molecule has 3 rings (SSSR count). The van der Waals surface area contributed by atoms with Crippen LogP contribution < -0.4 is 0 Å². The van der Waals surface area contributed by atoms with E-state index in [9.17, 15) is 0 Å². The van der Waals surface area contributed by atoms with Crippen LogP contribution in [-0.2, 0) is 0 Å². The highest BCUT2D eigenvalue weighted by Gasteiger charge is 2.16. The zero-order valence-electron chi connectivity index (χ0n) is 9.49. The lowest BCUT2D eigenvalue weighted by atomic mass is 10.4. The summed E-state index contributed by atoms with van der Waals surface area (Å²) >= 11 is 1.86. The van der Waals surface area contributed by atoms with Crippen LogP contribution in [0.15, 0.2) is 35.9 Å². The number of aromatic nitrogens is 4. The van der Waals surface area contributed by atoms with E-state index < -0.39 is 0 Å². The highest BCUT2D eigenvalue weighted by Crippen LogP contribution is 2.33. The van der Waals surface area contributed by atoms with Gasteiger partial charge in [-0.05, 0) is 25.0 Å². The summed E-state index contributed by atoms with van der Waals surface area (Å²) in [5, 5.41) is 10.2. The average Bonchev–Trinajstić information content (AvgIpc) is 3.01. The molecule has 1 aliphatic carbocycles. The van der Waals surface area contributed by atoms with Gasteiger partial charge in [-0.2, -0.15) is 0 Å². The molecule has 0 aromatic carbocycles. The first kappa shape index (κ1) is 10.8. The van der Waals surface area contributed by atoms with Crippen LogP contribution in [0.4, 0.5) is 0 Å². The zero-order chi connectivity index (χ0) is 11.5. The van der Waals surface area contributed by atoms with Crippen LogP contribution in [0.2, 0.25) is 0 Å². The van der Waals surface area contributed by atoms with Crippen molar-refractivity contribution >= 4 is 11.8 Å². The monoisotopic (exact) mass is 246 g/mol. The third-order valence-electron chi connectivity index (χ3n) is 2.98. The summed E-state index contributed by atoms with van der Waals surface area (Å²) in [5.74, 6) is 0.818. The van der Waals surface area contributed by atoms with E-state index in [1.165, 1.54) is 25.7 Å². The molecule has 1 fully saturated rings. The fraction of sp³-hybridized carbons (Fsp3) is 0.417. The molecule has 0 radical (unpaired) electrons. The van der Waals surface area contributed by atoms with Gasteiger partial charge < -0.3 is 0 Å². The Balaban J connectivity index is 1.71. The van der Waals surface area contributed by atoms with Crippen LogP contribution in [-0.4, -0.2) is 25.0 Å². The largest absolute Gasteiger partial charge is 0.289 e. The number of imidazole rings is 1. The van der Waals surface area contributed by atoms with Gasteiger partial charge in [-0.1, -0.05) is 12.8 Å². The average molecular weight is 246 g/mol. The summed E-state index contributed by atoms with van der Waals surface area (Å²) in [6.45, 7) is 0. The Morgan fingerprint density at radius 2 is 2.06 bits per heavy atom. The second-order valence-corrected chi connectivity index (χ2v) is 5.54. The molecule has 0 atom stereocenters. The van der Waals surface area contributed by atoms with E-state index in [0.717, 1.165) is 16.1 Å². The molecule has 0 saturated heterocycles. The summed E-state index contributed by atoms with van der Waals surface area (Å²) in [6, 6.07) is 4.04. The molecule has 1 saturated carbocycles. The van der Waals surface area contributed by atoms with Crippen molar-refractivity contribution in [3.63, 3.8) is 0 Å². The molecule has 0 unspecified atom stereocenters. The topological polar surface area (TPSA) is 43.6 Å². The SMILES string of the molecule is c1cn(-c2ccc(SC3CCCC3)nn2)cn1. The van der Waals surface area contributed by atoms with Crippen molar-refractivity contribution in [2.45, 2.75) is 36.0 Å². The van der Waals surface area contributed by atoms with Crippen molar-refractivity contribution in [3.05, 3.63) is 30.9 Å². The van der Waals surface area contributed by atoms with E-state index in [0.29, 0.717) is 0 Å². The number of thioether (sulfide) groups is 1. The van der Waals surface area contributed by atoms with E-state index >= 15 is 0 Å². The smallest absolute Gasteiger partial charge is 0.160 e. The Morgan fingerprint density at radius 3 is 2.71 bits per heavy atom. The van der Waals surface area contributed by atoms with Gasteiger partial charge in [0.1, 0.15) is 11.4 Å². The van der Waals surface area contributed by atoms with Gasteiger partial charge in [0, 0.05) is 17.6 Å². The Hall–Kier alpha value is -1.36. The highest BCUT2D eigenvalue weighted by molar-refractivity contribution is 7.99. The normalized spacial score (nSPS) is 16.5. The first-order valence-electron chi connectivity index (χ1n) is 5.90. The molecular formula is C12H14N4S. The molecular weight excluding hydrogens is 232 g/mol. The van der Waals surface area contributed by atoms with Crippen LogP contribution in [0, 0.1) is 0 Å². The number of nitrogens with zero attached hydrogens (tertiary/aromatic N) is 4. The first-order valence-corrected chi connectivity index (χ1v) is 6.78. The molecule has 0 bridgehead atoms. The molecule has 5 heteroatoms. The molecule has 17 heavy (non-hydrogen) atoms. The van der Waals surface area contributed by atoms with E-state index in [1.54, 1.807) is 12.5 Å². The van der Waals surface area contributed by atoms with Crippen molar-refractivity contribution < 1.29 is 0 Å². The maximum absolute atomic E-state index is 4.26. The zero-order valence-corrected chi connectivity index (χ0v) is 10.3. The summed E-state index contributed by atoms with van der Waals surface area (Å²) in [5.41, 5.74) is 0. The summed E-state index contributed by atoms with van der Waals surface area (Å²) in [4.78, 5) is 3.99. The van der Waals surface area contributed by atoms with E-state index in [2.05, 4.69) is 15.2 Å². The third-order valence-corrected chi connectivity index (χ3v) is 4.25. The van der Waals surface area contributed by atoms with Crippen molar-refractivity contribution in [3.8, 4) is 5.82 Å². The maximum atomic E-state index is 4.26. The van der Waals surface area contributed by atoms with E-state index in [-0.39, 0.29) is 0 Å². The predicted octanol–water partition coefficient (Wildman–Crippen LogP) is 2.70. The molecule has 2 aromatic heterocycles. The predicted molar refractivity (Wildman–Crippen MR) is 67.3 cm³/mol. The van der Waals surface area contributed by atoms with Gasteiger partial charge in [-0.3, -0.25) is 4.57 Å². The van der Waals surface area contributed by atoms with Gasteiger partial charge >= 0.3 is 0 Å². The summed E-state index contributed by atoms with van der Waals surface area (Å²) in [6.07, 6.45) is 10.7. The minimum Gasteiger partial charge on any atom is -0.289 e. The van der Waals surface area contributed by atoms with Gasteiger partial charge in [0.25, 0.3) is 0 Å². The molecule has 0 spiro atoms. The molecule has 1 aliphatic rings. The molecule has 0 N–H and O–H groups in total. The third kappa shape index (κ3) is 2.49. The molecule has 0 aliphatic heterocycles. The number of hydrogen-bond donors (Lipinski definition) is 0. The standard InChI is InChI=1S/C12H14N4S/c1-2-4-10(3-1)17-12-6-5-11(14-15-12)16-8-7-13-9-16/h5-10H,1-4H2. The number of hydrogen-bond acceptors (Lipinski definition) is 4. The van der Waals surface area contributed by atoms with Gasteiger partial charge in [-0.25, -0.2) is 4.98 Å². The highest BCUT2D eigenvalue weighted by atomic mass is 32.2. The fourth-order valence-corrected chi connectivity index (χ4v) is 3.23. The fourth-order valence-electron chi connectivity index (χ4n) is 2.09. The molecule has 0 amide bonds. The van der Waals surface area contributed by atoms with Gasteiger partial charge in [0.15, 0.2) is 5.82 Å². The Morgan fingerprint density at radius 1 is 1.18 bits per heavy atom. The van der Waals surface area contributed by atoms with Gasteiger partial charge in [-0.15, -0.1) is 22.0 Å². The quantitative estimate of drug-likeness (QED) is 0.835. The van der Waals surface area contributed by atoms with Gasteiger partial charge in [0.2, 0.25) is 0 Å². The molecule has 4 nitrogen and oxygen atoms in total. The summed E-state index contributed by atoms with van der Waals surface area (Å²) < 4.78 is 1.86. The lowest BCUT2D eigenvalue weighted by Crippen LogP contribution is -1.99. The van der Waals surface area contributed by atoms with Crippen LogP contribution in [0.5, 0.6) is 0 Å². The first-order chi connectivity index (χ1) is 8.42. The van der Waals surface area contributed by atoms with E-state index in [1.807, 2.05) is 34.7 Å². The minimum absolute atomic E-state index is 0.739. The Labute approximate surface area is 104 Å². The van der Waals surface area contributed by atoms with Crippen LogP contribution in [0.25, 0.3) is 5.82 Å². The Bertz CT molecular complexity index is 460. The lowest BCUT2D eigenvalue weighted by molar-refractivity contribution is 0.848. The van der Waals surface area contributed by atoms with Crippen molar-refractivity contribution in [1.29, 1.82) is 0 Å². The molecule has 2 heterocycles.